The van der Waals surface area contributed by atoms with Gasteiger partial charge in [-0.05, 0) is 49.4 Å². The Balaban J connectivity index is 1.69. The summed E-state index contributed by atoms with van der Waals surface area (Å²) in [5.74, 6) is 1.59. The van der Waals surface area contributed by atoms with Crippen LogP contribution in [0.3, 0.4) is 0 Å². The largest absolute Gasteiger partial charge is 0.349 e. The predicted molar refractivity (Wildman–Crippen MR) is 118 cm³/mol. The summed E-state index contributed by atoms with van der Waals surface area (Å²) in [4.78, 5) is 12.7. The third-order valence-electron chi connectivity index (χ3n) is 4.63. The monoisotopic (exact) mass is 408 g/mol. The first-order chi connectivity index (χ1) is 13.9. The highest BCUT2D eigenvalue weighted by atomic mass is 32.2. The van der Waals surface area contributed by atoms with E-state index in [-0.39, 0.29) is 11.9 Å². The lowest BCUT2D eigenvalue weighted by atomic mass is 9.97. The Kier molecular flexibility index (Phi) is 7.09. The molecule has 0 bridgehead atoms. The summed E-state index contributed by atoms with van der Waals surface area (Å²) in [6.07, 6.45) is 0.902. The lowest BCUT2D eigenvalue weighted by molar-refractivity contribution is -0.119. The second-order valence-electron chi connectivity index (χ2n) is 7.65. The molecule has 3 rings (SSSR count). The maximum Gasteiger partial charge on any atom is 0.230 e. The van der Waals surface area contributed by atoms with Gasteiger partial charge in [0.1, 0.15) is 5.82 Å². The summed E-state index contributed by atoms with van der Waals surface area (Å²) in [5, 5.41) is 12.4. The SMILES string of the molecule is Cc1cccc(-n2c(C)nnc2SCC(=O)NC(CC(C)C)c2ccccc2)c1. The molecule has 1 amide bonds. The summed E-state index contributed by atoms with van der Waals surface area (Å²) < 4.78 is 1.99. The first-order valence-electron chi connectivity index (χ1n) is 9.90. The van der Waals surface area contributed by atoms with Crippen molar-refractivity contribution in [1.29, 1.82) is 0 Å². The maximum absolute atomic E-state index is 12.7. The number of carbonyl (C=O) groups is 1. The molecule has 1 unspecified atom stereocenters. The fourth-order valence-corrected chi connectivity index (χ4v) is 4.11. The third-order valence-corrected chi connectivity index (χ3v) is 5.56. The van der Waals surface area contributed by atoms with Gasteiger partial charge in [-0.1, -0.05) is 68.1 Å². The van der Waals surface area contributed by atoms with E-state index in [0.717, 1.165) is 28.7 Å². The minimum Gasteiger partial charge on any atom is -0.349 e. The molecule has 29 heavy (non-hydrogen) atoms. The number of rotatable bonds is 8. The second-order valence-corrected chi connectivity index (χ2v) is 8.60. The smallest absolute Gasteiger partial charge is 0.230 e. The van der Waals surface area contributed by atoms with E-state index in [1.807, 2.05) is 41.8 Å². The summed E-state index contributed by atoms with van der Waals surface area (Å²) in [5.41, 5.74) is 3.32. The quantitative estimate of drug-likeness (QED) is 0.540. The first kappa shape index (κ1) is 21.1. The molecule has 0 fully saturated rings. The number of amides is 1. The van der Waals surface area contributed by atoms with Gasteiger partial charge in [0, 0.05) is 5.69 Å². The van der Waals surface area contributed by atoms with Gasteiger partial charge < -0.3 is 5.32 Å². The van der Waals surface area contributed by atoms with Crippen LogP contribution in [0, 0.1) is 19.8 Å². The number of carbonyl (C=O) groups excluding carboxylic acids is 1. The van der Waals surface area contributed by atoms with Crippen molar-refractivity contribution >= 4 is 17.7 Å². The fourth-order valence-electron chi connectivity index (χ4n) is 3.30. The fraction of sp³-hybridized carbons (Fsp3) is 0.348. The average Bonchev–Trinajstić information content (AvgIpc) is 3.06. The van der Waals surface area contributed by atoms with Gasteiger partial charge in [-0.25, -0.2) is 0 Å². The Hall–Kier alpha value is -2.60. The first-order valence-corrected chi connectivity index (χ1v) is 10.9. The van der Waals surface area contributed by atoms with Gasteiger partial charge in [0.25, 0.3) is 0 Å². The minimum atomic E-state index is 0.000878. The molecule has 5 nitrogen and oxygen atoms in total. The summed E-state index contributed by atoms with van der Waals surface area (Å²) in [6.45, 7) is 8.32. The second kappa shape index (κ2) is 9.74. The van der Waals surface area contributed by atoms with Crippen molar-refractivity contribution in [2.45, 2.75) is 45.3 Å². The van der Waals surface area contributed by atoms with Crippen molar-refractivity contribution < 1.29 is 4.79 Å². The molecular weight excluding hydrogens is 380 g/mol. The Morgan fingerprint density at radius 2 is 1.83 bits per heavy atom. The molecule has 0 spiro atoms. The van der Waals surface area contributed by atoms with E-state index in [9.17, 15) is 4.79 Å². The molecule has 2 aromatic carbocycles. The lowest BCUT2D eigenvalue weighted by Gasteiger charge is -2.21. The summed E-state index contributed by atoms with van der Waals surface area (Å²) in [6, 6.07) is 18.4. The van der Waals surface area contributed by atoms with Crippen LogP contribution in [-0.4, -0.2) is 26.4 Å². The number of hydrogen-bond donors (Lipinski definition) is 1. The van der Waals surface area contributed by atoms with Gasteiger partial charge in [0.15, 0.2) is 5.16 Å². The van der Waals surface area contributed by atoms with Gasteiger partial charge in [-0.15, -0.1) is 10.2 Å². The third kappa shape index (κ3) is 5.70. The Morgan fingerprint density at radius 3 is 2.52 bits per heavy atom. The van der Waals surface area contributed by atoms with E-state index in [4.69, 9.17) is 0 Å². The number of benzene rings is 2. The molecular formula is C23H28N4OS. The van der Waals surface area contributed by atoms with Crippen LogP contribution in [0.4, 0.5) is 0 Å². The highest BCUT2D eigenvalue weighted by Crippen LogP contribution is 2.24. The lowest BCUT2D eigenvalue weighted by Crippen LogP contribution is -2.31. The van der Waals surface area contributed by atoms with E-state index < -0.39 is 0 Å². The molecule has 0 aliphatic carbocycles. The van der Waals surface area contributed by atoms with Crippen LogP contribution >= 0.6 is 11.8 Å². The van der Waals surface area contributed by atoms with E-state index in [2.05, 4.69) is 60.6 Å². The number of hydrogen-bond acceptors (Lipinski definition) is 4. The standard InChI is InChI=1S/C23H28N4OS/c1-16(2)13-21(19-10-6-5-7-11-19)24-22(28)15-29-23-26-25-18(4)27(23)20-12-8-9-17(3)14-20/h5-12,14,16,21H,13,15H2,1-4H3,(H,24,28). The molecule has 0 saturated carbocycles. The van der Waals surface area contributed by atoms with E-state index in [1.165, 1.54) is 17.3 Å². The highest BCUT2D eigenvalue weighted by Gasteiger charge is 2.18. The summed E-state index contributed by atoms with van der Waals surface area (Å²) >= 11 is 1.41. The molecule has 1 aromatic heterocycles. The van der Waals surface area contributed by atoms with E-state index >= 15 is 0 Å². The van der Waals surface area contributed by atoms with Crippen molar-refractivity contribution in [3.05, 3.63) is 71.5 Å². The molecule has 0 saturated heterocycles. The van der Waals surface area contributed by atoms with Crippen LogP contribution in [0.5, 0.6) is 0 Å². The zero-order chi connectivity index (χ0) is 20.8. The molecule has 6 heteroatoms. The predicted octanol–water partition coefficient (Wildman–Crippen LogP) is 4.88. The van der Waals surface area contributed by atoms with Crippen LogP contribution in [0.25, 0.3) is 5.69 Å². The summed E-state index contributed by atoms with van der Waals surface area (Å²) in [7, 11) is 0. The Labute approximate surface area is 176 Å². The van der Waals surface area contributed by atoms with Crippen molar-refractivity contribution in [3.8, 4) is 5.69 Å². The molecule has 3 aromatic rings. The highest BCUT2D eigenvalue weighted by molar-refractivity contribution is 7.99. The Morgan fingerprint density at radius 1 is 1.07 bits per heavy atom. The van der Waals surface area contributed by atoms with Crippen molar-refractivity contribution in [1.82, 2.24) is 20.1 Å². The van der Waals surface area contributed by atoms with Crippen molar-refractivity contribution in [2.75, 3.05) is 5.75 Å². The van der Waals surface area contributed by atoms with Gasteiger partial charge in [0.05, 0.1) is 11.8 Å². The van der Waals surface area contributed by atoms with Gasteiger partial charge in [0.2, 0.25) is 5.91 Å². The Bertz CT molecular complexity index is 953. The molecule has 1 atom stereocenters. The van der Waals surface area contributed by atoms with Crippen molar-refractivity contribution in [3.63, 3.8) is 0 Å². The molecule has 0 aliphatic rings. The van der Waals surface area contributed by atoms with Gasteiger partial charge >= 0.3 is 0 Å². The average molecular weight is 409 g/mol. The molecule has 0 radical (unpaired) electrons. The van der Waals surface area contributed by atoms with Crippen LogP contribution in [0.2, 0.25) is 0 Å². The van der Waals surface area contributed by atoms with Crippen LogP contribution in [-0.2, 0) is 4.79 Å². The zero-order valence-electron chi connectivity index (χ0n) is 17.4. The molecule has 1 heterocycles. The van der Waals surface area contributed by atoms with Crippen LogP contribution in [0.15, 0.2) is 59.8 Å². The number of aromatic nitrogens is 3. The molecule has 1 N–H and O–H groups in total. The van der Waals surface area contributed by atoms with Crippen LogP contribution in [0.1, 0.15) is 43.3 Å². The number of nitrogens with one attached hydrogen (secondary N) is 1. The van der Waals surface area contributed by atoms with E-state index in [1.54, 1.807) is 0 Å². The maximum atomic E-state index is 12.7. The number of nitrogens with zero attached hydrogens (tertiary/aromatic N) is 3. The van der Waals surface area contributed by atoms with E-state index in [0.29, 0.717) is 11.7 Å². The van der Waals surface area contributed by atoms with Gasteiger partial charge in [-0.2, -0.15) is 0 Å². The van der Waals surface area contributed by atoms with Crippen LogP contribution < -0.4 is 5.32 Å². The molecule has 0 aliphatic heterocycles. The van der Waals surface area contributed by atoms with Crippen molar-refractivity contribution in [2.24, 2.45) is 5.92 Å². The molecule has 152 valence electrons. The zero-order valence-corrected chi connectivity index (χ0v) is 18.2. The van der Waals surface area contributed by atoms with Gasteiger partial charge in [-0.3, -0.25) is 9.36 Å². The topological polar surface area (TPSA) is 59.8 Å². The normalized spacial score (nSPS) is 12.2. The minimum absolute atomic E-state index is 0.000878. The number of thioether (sulfide) groups is 1. The number of aryl methyl sites for hydroxylation is 2.